The second kappa shape index (κ2) is 7.34. The molecule has 1 atom stereocenters. The van der Waals surface area contributed by atoms with E-state index in [0.29, 0.717) is 0 Å². The molecule has 2 amide bonds. The van der Waals surface area contributed by atoms with E-state index in [1.54, 1.807) is 0 Å². The van der Waals surface area contributed by atoms with Gasteiger partial charge >= 0.3 is 0 Å². The Labute approximate surface area is 144 Å². The first kappa shape index (κ1) is 17.0. The molecule has 2 aliphatic heterocycles. The van der Waals surface area contributed by atoms with Gasteiger partial charge in [0, 0.05) is 38.3 Å². The topological polar surface area (TPSA) is 52.7 Å². The summed E-state index contributed by atoms with van der Waals surface area (Å²) in [5.41, 5.74) is 1.88. The van der Waals surface area contributed by atoms with E-state index < -0.39 is 0 Å². The van der Waals surface area contributed by atoms with Crippen molar-refractivity contribution in [2.24, 2.45) is 0 Å². The Morgan fingerprint density at radius 3 is 2.50 bits per heavy atom. The molecule has 1 aromatic rings. The van der Waals surface area contributed by atoms with Crippen molar-refractivity contribution in [3.05, 3.63) is 35.4 Å². The summed E-state index contributed by atoms with van der Waals surface area (Å²) in [4.78, 5) is 28.8. The number of rotatable bonds is 4. The van der Waals surface area contributed by atoms with Gasteiger partial charge in [-0.3, -0.25) is 14.5 Å². The summed E-state index contributed by atoms with van der Waals surface area (Å²) in [6, 6.07) is 8.05. The van der Waals surface area contributed by atoms with E-state index >= 15 is 0 Å². The molecule has 0 saturated carbocycles. The predicted octanol–water partition coefficient (Wildman–Crippen LogP) is 1.67. The first-order valence-electron chi connectivity index (χ1n) is 8.98. The van der Waals surface area contributed by atoms with Crippen molar-refractivity contribution in [3.63, 3.8) is 0 Å². The van der Waals surface area contributed by atoms with Crippen molar-refractivity contribution < 1.29 is 9.59 Å². The fourth-order valence-electron chi connectivity index (χ4n) is 3.81. The van der Waals surface area contributed by atoms with Crippen LogP contribution in [0.1, 0.15) is 42.1 Å². The van der Waals surface area contributed by atoms with Crippen molar-refractivity contribution in [3.8, 4) is 0 Å². The Morgan fingerprint density at radius 1 is 1.17 bits per heavy atom. The first-order chi connectivity index (χ1) is 11.6. The summed E-state index contributed by atoms with van der Waals surface area (Å²) in [6.07, 6.45) is 3.61. The van der Waals surface area contributed by atoms with Gasteiger partial charge in [0.25, 0.3) is 5.91 Å². The lowest BCUT2D eigenvalue weighted by atomic mass is 10.0. The van der Waals surface area contributed by atoms with Gasteiger partial charge in [0.05, 0.1) is 6.04 Å². The van der Waals surface area contributed by atoms with Crippen molar-refractivity contribution >= 4 is 11.8 Å². The van der Waals surface area contributed by atoms with Gasteiger partial charge < -0.3 is 10.2 Å². The van der Waals surface area contributed by atoms with Crippen LogP contribution >= 0.6 is 0 Å². The van der Waals surface area contributed by atoms with Gasteiger partial charge in [0.2, 0.25) is 5.91 Å². The van der Waals surface area contributed by atoms with Gasteiger partial charge in [0.1, 0.15) is 0 Å². The number of nitrogens with one attached hydrogen (secondary N) is 1. The molecule has 5 heteroatoms. The maximum Gasteiger partial charge on any atom is 0.251 e. The van der Waals surface area contributed by atoms with Crippen molar-refractivity contribution in [2.45, 2.75) is 44.7 Å². The number of amides is 2. The molecule has 2 saturated heterocycles. The molecule has 5 nitrogen and oxygen atoms in total. The zero-order chi connectivity index (χ0) is 17.1. The Kier molecular flexibility index (Phi) is 5.19. The third-order valence-electron chi connectivity index (χ3n) is 5.35. The molecule has 1 N–H and O–H groups in total. The Morgan fingerprint density at radius 2 is 1.88 bits per heavy atom. The molecule has 1 unspecified atom stereocenters. The Bertz CT molecular complexity index is 608. The fourth-order valence-corrected chi connectivity index (χ4v) is 3.81. The van der Waals surface area contributed by atoms with Crippen LogP contribution in [0.25, 0.3) is 0 Å². The number of carbonyl (C=O) groups excluding carboxylic acids is 2. The minimum absolute atomic E-state index is 0.0302. The molecule has 0 radical (unpaired) electrons. The molecular weight excluding hydrogens is 302 g/mol. The Balaban J connectivity index is 1.54. The van der Waals surface area contributed by atoms with Crippen LogP contribution in [0.15, 0.2) is 24.3 Å². The summed E-state index contributed by atoms with van der Waals surface area (Å²) in [5.74, 6) is 0.275. The highest BCUT2D eigenvalue weighted by atomic mass is 16.2. The highest BCUT2D eigenvalue weighted by Gasteiger charge is 2.35. The summed E-state index contributed by atoms with van der Waals surface area (Å²) in [7, 11) is 1.88. The zero-order valence-electron chi connectivity index (χ0n) is 14.6. The van der Waals surface area contributed by atoms with Crippen LogP contribution in [0.2, 0.25) is 0 Å². The lowest BCUT2D eigenvalue weighted by Gasteiger charge is -2.35. The van der Waals surface area contributed by atoms with Gasteiger partial charge in [0.15, 0.2) is 0 Å². The molecular formula is C19H27N3O2. The average Bonchev–Trinajstić information content (AvgIpc) is 2.95. The van der Waals surface area contributed by atoms with Crippen molar-refractivity contribution in [1.82, 2.24) is 15.1 Å². The molecule has 130 valence electrons. The third kappa shape index (κ3) is 3.46. The molecule has 2 heterocycles. The van der Waals surface area contributed by atoms with Crippen molar-refractivity contribution in [2.75, 3.05) is 26.7 Å². The van der Waals surface area contributed by atoms with Gasteiger partial charge in [-0.25, -0.2) is 0 Å². The van der Waals surface area contributed by atoms with Crippen LogP contribution in [0.5, 0.6) is 0 Å². The number of aryl methyl sites for hydroxylation is 1. The first-order valence-corrected chi connectivity index (χ1v) is 8.98. The van der Waals surface area contributed by atoms with Crippen LogP contribution in [-0.2, 0) is 11.2 Å². The molecule has 3 rings (SSSR count). The van der Waals surface area contributed by atoms with Crippen LogP contribution in [-0.4, -0.2) is 60.4 Å². The lowest BCUT2D eigenvalue weighted by molar-refractivity contribution is -0.131. The quantitative estimate of drug-likeness (QED) is 0.914. The largest absolute Gasteiger partial charge is 0.349 e. The van der Waals surface area contributed by atoms with Gasteiger partial charge in [-0.05, 0) is 37.3 Å². The number of likely N-dealkylation sites (N-methyl/N-ethyl adjacent to an activating group) is 1. The molecule has 2 fully saturated rings. The number of carbonyl (C=O) groups is 2. The summed E-state index contributed by atoms with van der Waals surface area (Å²) in [5, 5.41) is 3.18. The monoisotopic (exact) mass is 329 g/mol. The number of nitrogens with zero attached hydrogens (tertiary/aromatic N) is 2. The maximum absolute atomic E-state index is 12.5. The molecule has 0 aromatic heterocycles. The second-order valence-electron chi connectivity index (χ2n) is 6.86. The smallest absolute Gasteiger partial charge is 0.251 e. The minimum Gasteiger partial charge on any atom is -0.349 e. The van der Waals surface area contributed by atoms with E-state index in [4.69, 9.17) is 0 Å². The van der Waals surface area contributed by atoms with E-state index in [0.717, 1.165) is 56.4 Å². The van der Waals surface area contributed by atoms with Gasteiger partial charge in [-0.1, -0.05) is 25.1 Å². The second-order valence-corrected chi connectivity index (χ2v) is 6.86. The van der Waals surface area contributed by atoms with E-state index in [1.165, 1.54) is 0 Å². The number of benzene rings is 1. The number of hydrogen-bond acceptors (Lipinski definition) is 3. The predicted molar refractivity (Wildman–Crippen MR) is 93.9 cm³/mol. The lowest BCUT2D eigenvalue weighted by Crippen LogP contribution is -2.50. The standard InChI is InChI=1S/C19H27N3O2/c1-3-14-6-4-5-7-16(14)18(23)20-15-8-12-22(13-9-15)17-10-11-21(2)19(17)24/h4-7,15,17H,3,8-13H2,1-2H3,(H,20,23). The van der Waals surface area contributed by atoms with E-state index in [2.05, 4.69) is 17.1 Å². The van der Waals surface area contributed by atoms with E-state index in [1.807, 2.05) is 36.2 Å². The highest BCUT2D eigenvalue weighted by molar-refractivity contribution is 5.95. The zero-order valence-corrected chi connectivity index (χ0v) is 14.6. The van der Waals surface area contributed by atoms with Gasteiger partial charge in [-0.15, -0.1) is 0 Å². The molecule has 1 aromatic carbocycles. The fraction of sp³-hybridized carbons (Fsp3) is 0.579. The number of hydrogen-bond donors (Lipinski definition) is 1. The normalized spacial score (nSPS) is 22.8. The van der Waals surface area contributed by atoms with E-state index in [9.17, 15) is 9.59 Å². The molecule has 24 heavy (non-hydrogen) atoms. The maximum atomic E-state index is 12.5. The average molecular weight is 329 g/mol. The van der Waals surface area contributed by atoms with Crippen LogP contribution in [0, 0.1) is 0 Å². The SMILES string of the molecule is CCc1ccccc1C(=O)NC1CCN(C2CCN(C)C2=O)CC1. The van der Waals surface area contributed by atoms with Crippen LogP contribution in [0.4, 0.5) is 0 Å². The van der Waals surface area contributed by atoms with Crippen LogP contribution in [0.3, 0.4) is 0 Å². The molecule has 0 aliphatic carbocycles. The minimum atomic E-state index is 0.0302. The van der Waals surface area contributed by atoms with Crippen molar-refractivity contribution in [1.29, 1.82) is 0 Å². The third-order valence-corrected chi connectivity index (χ3v) is 5.35. The number of piperidine rings is 1. The van der Waals surface area contributed by atoms with E-state index in [-0.39, 0.29) is 23.9 Å². The molecule has 0 bridgehead atoms. The molecule has 0 spiro atoms. The number of likely N-dealkylation sites (tertiary alicyclic amines) is 2. The molecule has 2 aliphatic rings. The summed E-state index contributed by atoms with van der Waals surface area (Å²) in [6.45, 7) is 4.68. The summed E-state index contributed by atoms with van der Waals surface area (Å²) >= 11 is 0. The Hall–Kier alpha value is -1.88. The summed E-state index contributed by atoms with van der Waals surface area (Å²) < 4.78 is 0. The van der Waals surface area contributed by atoms with Crippen LogP contribution < -0.4 is 5.32 Å². The van der Waals surface area contributed by atoms with Gasteiger partial charge in [-0.2, -0.15) is 0 Å². The highest BCUT2D eigenvalue weighted by Crippen LogP contribution is 2.21.